The van der Waals surface area contributed by atoms with Crippen molar-refractivity contribution < 1.29 is 18.8 Å². The molecular weight excluding hydrogens is 263 g/mol. The minimum atomic E-state index is -0.917. The predicted octanol–water partition coefficient (Wildman–Crippen LogP) is 1.68. The molecule has 5 nitrogen and oxygen atoms in total. The summed E-state index contributed by atoms with van der Waals surface area (Å²) in [4.78, 5) is 36.5. The van der Waals surface area contributed by atoms with Crippen LogP contribution in [0.5, 0.6) is 0 Å². The summed E-state index contributed by atoms with van der Waals surface area (Å²) < 4.78 is 13.6. The molecule has 106 valence electrons. The second-order valence-electron chi connectivity index (χ2n) is 5.03. The van der Waals surface area contributed by atoms with Crippen LogP contribution in [0.15, 0.2) is 24.3 Å². The molecule has 1 saturated heterocycles. The highest BCUT2D eigenvalue weighted by molar-refractivity contribution is 6.16. The smallest absolute Gasteiger partial charge is 0.277 e. The third-order valence-corrected chi connectivity index (χ3v) is 3.24. The minimum Gasteiger partial charge on any atom is -0.277 e. The van der Waals surface area contributed by atoms with Crippen molar-refractivity contribution in [2.75, 3.05) is 0 Å². The molecular formula is C14H15FN2O3. The number of imide groups is 2. The van der Waals surface area contributed by atoms with Crippen LogP contribution in [-0.4, -0.2) is 22.7 Å². The van der Waals surface area contributed by atoms with E-state index in [2.05, 4.69) is 5.32 Å². The molecule has 1 atom stereocenters. The second kappa shape index (κ2) is 5.40. The third-order valence-electron chi connectivity index (χ3n) is 3.24. The largest absolute Gasteiger partial charge is 0.331 e. The Morgan fingerprint density at radius 3 is 2.50 bits per heavy atom. The fourth-order valence-corrected chi connectivity index (χ4v) is 2.17. The Labute approximate surface area is 115 Å². The van der Waals surface area contributed by atoms with Crippen LogP contribution in [0.3, 0.4) is 0 Å². The Bertz CT molecular complexity index is 571. The van der Waals surface area contributed by atoms with Crippen molar-refractivity contribution in [3.05, 3.63) is 35.6 Å². The molecule has 0 saturated carbocycles. The van der Waals surface area contributed by atoms with Gasteiger partial charge in [-0.2, -0.15) is 0 Å². The average molecular weight is 278 g/mol. The molecule has 1 unspecified atom stereocenters. The number of urea groups is 1. The highest BCUT2D eigenvalue weighted by Crippen LogP contribution is 2.21. The molecule has 0 bridgehead atoms. The lowest BCUT2D eigenvalue weighted by molar-refractivity contribution is -0.144. The number of rotatable bonds is 3. The van der Waals surface area contributed by atoms with E-state index in [0.29, 0.717) is 0 Å². The van der Waals surface area contributed by atoms with Crippen molar-refractivity contribution in [3.8, 4) is 0 Å². The normalized spacial score (nSPS) is 19.5. The molecule has 1 aromatic rings. The van der Waals surface area contributed by atoms with Gasteiger partial charge in [-0.25, -0.2) is 9.18 Å². The van der Waals surface area contributed by atoms with Gasteiger partial charge in [-0.1, -0.05) is 32.0 Å². The van der Waals surface area contributed by atoms with Crippen LogP contribution in [-0.2, 0) is 16.1 Å². The molecule has 6 heteroatoms. The molecule has 20 heavy (non-hydrogen) atoms. The Hall–Kier alpha value is -2.24. The third kappa shape index (κ3) is 2.54. The molecule has 1 aliphatic rings. The lowest BCUT2D eigenvalue weighted by Crippen LogP contribution is -2.58. The first-order valence-corrected chi connectivity index (χ1v) is 6.31. The van der Waals surface area contributed by atoms with Crippen LogP contribution in [0.4, 0.5) is 9.18 Å². The van der Waals surface area contributed by atoms with Gasteiger partial charge >= 0.3 is 6.03 Å². The first-order chi connectivity index (χ1) is 9.41. The maximum Gasteiger partial charge on any atom is 0.331 e. The Morgan fingerprint density at radius 1 is 1.25 bits per heavy atom. The summed E-state index contributed by atoms with van der Waals surface area (Å²) in [5.74, 6) is -2.83. The van der Waals surface area contributed by atoms with Crippen LogP contribution >= 0.6 is 0 Å². The van der Waals surface area contributed by atoms with Crippen LogP contribution < -0.4 is 5.32 Å². The van der Waals surface area contributed by atoms with Crippen LogP contribution in [0, 0.1) is 17.7 Å². The lowest BCUT2D eigenvalue weighted by atomic mass is 9.92. The van der Waals surface area contributed by atoms with Crippen LogP contribution in [0.25, 0.3) is 0 Å². The number of nitrogens with zero attached hydrogens (tertiary/aromatic N) is 1. The Kier molecular flexibility index (Phi) is 3.83. The van der Waals surface area contributed by atoms with Gasteiger partial charge in [-0.05, 0) is 12.0 Å². The van der Waals surface area contributed by atoms with E-state index in [0.717, 1.165) is 4.90 Å². The molecule has 0 radical (unpaired) electrons. The number of carbonyl (C=O) groups is 3. The molecule has 0 spiro atoms. The quantitative estimate of drug-likeness (QED) is 0.855. The number of benzene rings is 1. The summed E-state index contributed by atoms with van der Waals surface area (Å²) in [6.07, 6.45) is 0. The highest BCUT2D eigenvalue weighted by atomic mass is 19.1. The number of hydrogen-bond acceptors (Lipinski definition) is 3. The van der Waals surface area contributed by atoms with Gasteiger partial charge in [0.1, 0.15) is 11.7 Å². The maximum atomic E-state index is 13.6. The van der Waals surface area contributed by atoms with Gasteiger partial charge in [0.15, 0.2) is 0 Å². The van der Waals surface area contributed by atoms with Gasteiger partial charge < -0.3 is 0 Å². The fraction of sp³-hybridized carbons (Fsp3) is 0.357. The van der Waals surface area contributed by atoms with Gasteiger partial charge in [0.05, 0.1) is 6.54 Å². The van der Waals surface area contributed by atoms with E-state index in [-0.39, 0.29) is 18.0 Å². The monoisotopic (exact) mass is 278 g/mol. The highest BCUT2D eigenvalue weighted by Gasteiger charge is 2.42. The van der Waals surface area contributed by atoms with Crippen molar-refractivity contribution in [1.82, 2.24) is 10.2 Å². The molecule has 2 rings (SSSR count). The molecule has 1 aromatic carbocycles. The second-order valence-corrected chi connectivity index (χ2v) is 5.03. The molecule has 0 aliphatic carbocycles. The van der Waals surface area contributed by atoms with Crippen molar-refractivity contribution >= 4 is 17.8 Å². The Morgan fingerprint density at radius 2 is 1.90 bits per heavy atom. The average Bonchev–Trinajstić information content (AvgIpc) is 2.35. The maximum absolute atomic E-state index is 13.6. The topological polar surface area (TPSA) is 66.5 Å². The van der Waals surface area contributed by atoms with E-state index < -0.39 is 29.6 Å². The molecule has 4 amide bonds. The van der Waals surface area contributed by atoms with E-state index in [9.17, 15) is 18.8 Å². The minimum absolute atomic E-state index is 0.187. The zero-order chi connectivity index (χ0) is 14.9. The van der Waals surface area contributed by atoms with Gasteiger partial charge in [-0.3, -0.25) is 19.8 Å². The van der Waals surface area contributed by atoms with Crippen molar-refractivity contribution in [1.29, 1.82) is 0 Å². The molecule has 1 fully saturated rings. The van der Waals surface area contributed by atoms with Gasteiger partial charge in [-0.15, -0.1) is 0 Å². The fourth-order valence-electron chi connectivity index (χ4n) is 2.17. The number of barbiturate groups is 1. The molecule has 1 aliphatic heterocycles. The summed E-state index contributed by atoms with van der Waals surface area (Å²) in [6, 6.07) is 5.09. The van der Waals surface area contributed by atoms with E-state index in [4.69, 9.17) is 0 Å². The summed E-state index contributed by atoms with van der Waals surface area (Å²) in [5.41, 5.74) is 0.229. The number of nitrogens with one attached hydrogen (secondary N) is 1. The van der Waals surface area contributed by atoms with E-state index in [1.807, 2.05) is 0 Å². The van der Waals surface area contributed by atoms with Gasteiger partial charge in [0, 0.05) is 5.56 Å². The number of amides is 4. The van der Waals surface area contributed by atoms with Crippen molar-refractivity contribution in [3.63, 3.8) is 0 Å². The summed E-state index contributed by atoms with van der Waals surface area (Å²) in [6.45, 7) is 3.26. The van der Waals surface area contributed by atoms with E-state index >= 15 is 0 Å². The van der Waals surface area contributed by atoms with Crippen molar-refractivity contribution in [2.45, 2.75) is 20.4 Å². The van der Waals surface area contributed by atoms with Crippen LogP contribution in [0.1, 0.15) is 19.4 Å². The molecule has 1 heterocycles. The van der Waals surface area contributed by atoms with Gasteiger partial charge in [0.2, 0.25) is 11.8 Å². The van der Waals surface area contributed by atoms with E-state index in [1.165, 1.54) is 18.2 Å². The number of halogens is 1. The summed E-state index contributed by atoms with van der Waals surface area (Å²) in [7, 11) is 0. The van der Waals surface area contributed by atoms with Gasteiger partial charge in [0.25, 0.3) is 0 Å². The SMILES string of the molecule is CC(C)C1C(=O)NC(=O)N(Cc2ccccc2F)C1=O. The first kappa shape index (κ1) is 14.2. The Balaban J connectivity index is 2.26. The number of carbonyl (C=O) groups excluding carboxylic acids is 3. The summed E-state index contributed by atoms with van der Waals surface area (Å²) in [5, 5.41) is 2.14. The summed E-state index contributed by atoms with van der Waals surface area (Å²) >= 11 is 0. The number of hydrogen-bond donors (Lipinski definition) is 1. The standard InChI is InChI=1S/C14H15FN2O3/c1-8(2)11-12(18)16-14(20)17(13(11)19)7-9-5-3-4-6-10(9)15/h3-6,8,11H,7H2,1-2H3,(H,16,18,20). The zero-order valence-electron chi connectivity index (χ0n) is 11.2. The van der Waals surface area contributed by atoms with Crippen LogP contribution in [0.2, 0.25) is 0 Å². The lowest BCUT2D eigenvalue weighted by Gasteiger charge is -2.31. The molecule has 0 aromatic heterocycles. The molecule has 1 N–H and O–H groups in total. The van der Waals surface area contributed by atoms with E-state index in [1.54, 1.807) is 19.9 Å². The van der Waals surface area contributed by atoms with Crippen molar-refractivity contribution in [2.24, 2.45) is 11.8 Å². The first-order valence-electron chi connectivity index (χ1n) is 6.31. The zero-order valence-corrected chi connectivity index (χ0v) is 11.2. The predicted molar refractivity (Wildman–Crippen MR) is 68.8 cm³/mol.